The third-order valence-electron chi connectivity index (χ3n) is 4.98. The van der Waals surface area contributed by atoms with Gasteiger partial charge in [0.25, 0.3) is 5.91 Å². The maximum Gasteiger partial charge on any atom is 0.274 e. The number of fused-ring (bicyclic) bond motifs is 1. The summed E-state index contributed by atoms with van der Waals surface area (Å²) in [5.74, 6) is 0.515. The Balaban J connectivity index is 1.54. The highest BCUT2D eigenvalue weighted by Crippen LogP contribution is 2.31. The Morgan fingerprint density at radius 2 is 1.94 bits per heavy atom. The Kier molecular flexibility index (Phi) is 4.32. The summed E-state index contributed by atoms with van der Waals surface area (Å²) in [5, 5.41) is 7.38. The number of imidazole rings is 3. The van der Waals surface area contributed by atoms with Crippen LogP contribution in [0.4, 0.5) is 10.2 Å². The maximum atomic E-state index is 13.4. The van der Waals surface area contributed by atoms with E-state index in [4.69, 9.17) is 0 Å². The molecule has 31 heavy (non-hydrogen) atoms. The lowest BCUT2D eigenvalue weighted by Gasteiger charge is -2.07. The predicted octanol–water partition coefficient (Wildman–Crippen LogP) is 3.22. The van der Waals surface area contributed by atoms with Crippen LogP contribution in [0, 0.1) is 12.7 Å². The molecule has 154 valence electrons. The number of anilines is 1. The summed E-state index contributed by atoms with van der Waals surface area (Å²) in [7, 11) is 1.90. The van der Waals surface area contributed by atoms with Gasteiger partial charge < -0.3 is 14.9 Å². The molecular weight excluding hydrogens is 399 g/mol. The van der Waals surface area contributed by atoms with Crippen LogP contribution in [0.2, 0.25) is 0 Å². The van der Waals surface area contributed by atoms with Gasteiger partial charge in [0.2, 0.25) is 0 Å². The van der Waals surface area contributed by atoms with Gasteiger partial charge in [-0.05, 0) is 43.3 Å². The van der Waals surface area contributed by atoms with Crippen LogP contribution in [-0.4, -0.2) is 40.0 Å². The maximum absolute atomic E-state index is 13.4. The van der Waals surface area contributed by atoms with Crippen molar-refractivity contribution in [2.75, 3.05) is 5.32 Å². The van der Waals surface area contributed by atoms with Crippen LogP contribution < -0.4 is 5.32 Å². The van der Waals surface area contributed by atoms with E-state index in [0.717, 1.165) is 17.1 Å². The van der Waals surface area contributed by atoms with E-state index in [1.165, 1.54) is 24.7 Å². The summed E-state index contributed by atoms with van der Waals surface area (Å²) >= 11 is 0. The summed E-state index contributed by atoms with van der Waals surface area (Å²) in [5.41, 5.74) is 3.87. The summed E-state index contributed by atoms with van der Waals surface area (Å²) < 4.78 is 16.9. The van der Waals surface area contributed by atoms with E-state index >= 15 is 0 Å². The Morgan fingerprint density at radius 3 is 2.68 bits per heavy atom. The van der Waals surface area contributed by atoms with Crippen molar-refractivity contribution in [2.24, 2.45) is 7.05 Å². The molecule has 0 fully saturated rings. The van der Waals surface area contributed by atoms with Crippen LogP contribution in [0.3, 0.4) is 0 Å². The van der Waals surface area contributed by atoms with Crippen LogP contribution in [0.15, 0.2) is 55.1 Å². The largest absolute Gasteiger partial charge is 0.341 e. The van der Waals surface area contributed by atoms with Gasteiger partial charge in [0.05, 0.1) is 30.1 Å². The highest BCUT2D eigenvalue weighted by atomic mass is 19.1. The number of nitrogens with one attached hydrogen (secondary N) is 2. The Labute approximate surface area is 175 Å². The summed E-state index contributed by atoms with van der Waals surface area (Å²) in [4.78, 5) is 27.8. The molecule has 0 saturated heterocycles. The molecule has 1 amide bonds. The van der Waals surface area contributed by atoms with E-state index in [0.29, 0.717) is 28.5 Å². The molecule has 0 atom stereocenters. The van der Waals surface area contributed by atoms with Gasteiger partial charge in [0.1, 0.15) is 23.0 Å². The minimum Gasteiger partial charge on any atom is -0.341 e. The van der Waals surface area contributed by atoms with Crippen LogP contribution in [0.25, 0.3) is 28.3 Å². The first-order valence-corrected chi connectivity index (χ1v) is 9.45. The van der Waals surface area contributed by atoms with Crippen LogP contribution in [-0.2, 0) is 7.05 Å². The van der Waals surface area contributed by atoms with Gasteiger partial charge in [-0.1, -0.05) is 0 Å². The first-order chi connectivity index (χ1) is 15.0. The molecule has 2 N–H and O–H groups in total. The van der Waals surface area contributed by atoms with Crippen molar-refractivity contribution >= 4 is 17.4 Å². The summed E-state index contributed by atoms with van der Waals surface area (Å²) in [6.07, 6.45) is 4.50. The van der Waals surface area contributed by atoms with Crippen LogP contribution in [0.5, 0.6) is 0 Å². The second-order valence-electron chi connectivity index (χ2n) is 6.99. The molecule has 1 aromatic carbocycles. The third kappa shape index (κ3) is 3.33. The minimum atomic E-state index is -0.345. The number of rotatable bonds is 4. The fourth-order valence-electron chi connectivity index (χ4n) is 3.34. The molecular formula is C21H17FN8O. The normalized spacial score (nSPS) is 11.2. The SMILES string of the molecule is Cc1nc(-c2ccc(F)cc2)c(-c2ccc3nc(NC(=O)c4cnc[nH]4)cn3n2)n1C. The number of aromatic nitrogens is 7. The average Bonchev–Trinajstić information content (AvgIpc) is 3.48. The molecule has 0 saturated carbocycles. The Hall–Kier alpha value is -4.34. The van der Waals surface area contributed by atoms with Gasteiger partial charge in [-0.25, -0.2) is 23.9 Å². The number of carbonyl (C=O) groups excluding carboxylic acids is 1. The van der Waals surface area contributed by atoms with E-state index in [1.807, 2.05) is 30.7 Å². The quantitative estimate of drug-likeness (QED) is 0.468. The van der Waals surface area contributed by atoms with Crippen molar-refractivity contribution in [2.45, 2.75) is 6.92 Å². The Bertz CT molecular complexity index is 1400. The van der Waals surface area contributed by atoms with Gasteiger partial charge in [0, 0.05) is 12.6 Å². The first-order valence-electron chi connectivity index (χ1n) is 9.45. The van der Waals surface area contributed by atoms with Crippen molar-refractivity contribution in [1.82, 2.24) is 34.1 Å². The molecule has 5 rings (SSSR count). The van der Waals surface area contributed by atoms with Gasteiger partial charge in [0.15, 0.2) is 11.5 Å². The van der Waals surface area contributed by atoms with Crippen molar-refractivity contribution < 1.29 is 9.18 Å². The van der Waals surface area contributed by atoms with E-state index < -0.39 is 0 Å². The van der Waals surface area contributed by atoms with Crippen molar-refractivity contribution in [3.63, 3.8) is 0 Å². The smallest absolute Gasteiger partial charge is 0.274 e. The van der Waals surface area contributed by atoms with Gasteiger partial charge >= 0.3 is 0 Å². The third-order valence-corrected chi connectivity index (χ3v) is 4.98. The molecule has 0 spiro atoms. The van der Waals surface area contributed by atoms with Gasteiger partial charge in [-0.15, -0.1) is 0 Å². The number of halogens is 1. The topological polar surface area (TPSA) is 106 Å². The fourth-order valence-corrected chi connectivity index (χ4v) is 3.34. The zero-order valence-electron chi connectivity index (χ0n) is 16.7. The number of hydrogen-bond donors (Lipinski definition) is 2. The zero-order valence-corrected chi connectivity index (χ0v) is 16.7. The van der Waals surface area contributed by atoms with Crippen molar-refractivity contribution in [1.29, 1.82) is 0 Å². The number of hydrogen-bond acceptors (Lipinski definition) is 5. The lowest BCUT2D eigenvalue weighted by atomic mass is 10.1. The molecule has 9 nitrogen and oxygen atoms in total. The van der Waals surface area contributed by atoms with E-state index in [2.05, 4.69) is 30.4 Å². The van der Waals surface area contributed by atoms with Gasteiger partial charge in [-0.2, -0.15) is 5.10 Å². The molecule has 0 unspecified atom stereocenters. The first kappa shape index (κ1) is 18.7. The highest BCUT2D eigenvalue weighted by Gasteiger charge is 2.18. The van der Waals surface area contributed by atoms with Gasteiger partial charge in [-0.3, -0.25) is 4.79 Å². The molecule has 0 aliphatic heterocycles. The van der Waals surface area contributed by atoms with E-state index in [1.54, 1.807) is 22.8 Å². The van der Waals surface area contributed by atoms with Crippen molar-refractivity contribution in [3.05, 3.63) is 72.5 Å². The standard InChI is InChI=1S/C21H17FN8O/c1-12-25-19(13-3-5-14(22)6-4-13)20(29(12)2)15-7-8-18-26-17(10-30(18)28-15)27-21(31)16-9-23-11-24-16/h3-11H,1-2H3,(H,23,24)(H,27,31). The molecule has 0 bridgehead atoms. The number of aromatic amines is 1. The second kappa shape index (κ2) is 7.17. The minimum absolute atomic E-state index is 0.305. The Morgan fingerprint density at radius 1 is 1.13 bits per heavy atom. The van der Waals surface area contributed by atoms with Crippen LogP contribution in [0.1, 0.15) is 16.3 Å². The number of nitrogens with zero attached hydrogens (tertiary/aromatic N) is 6. The molecule has 0 aliphatic rings. The van der Waals surface area contributed by atoms with E-state index in [9.17, 15) is 9.18 Å². The monoisotopic (exact) mass is 416 g/mol. The number of amides is 1. The lowest BCUT2D eigenvalue weighted by Crippen LogP contribution is -2.12. The van der Waals surface area contributed by atoms with Crippen LogP contribution >= 0.6 is 0 Å². The predicted molar refractivity (Wildman–Crippen MR) is 112 cm³/mol. The molecule has 5 aromatic rings. The molecule has 4 heterocycles. The second-order valence-corrected chi connectivity index (χ2v) is 6.99. The molecule has 10 heteroatoms. The zero-order chi connectivity index (χ0) is 21.5. The van der Waals surface area contributed by atoms with Crippen molar-refractivity contribution in [3.8, 4) is 22.6 Å². The summed E-state index contributed by atoms with van der Waals surface area (Å²) in [6, 6.07) is 9.85. The number of carbonyl (C=O) groups is 1. The fraction of sp³-hybridized carbons (Fsp3) is 0.0952. The number of benzene rings is 1. The highest BCUT2D eigenvalue weighted by molar-refractivity contribution is 6.02. The molecule has 4 aromatic heterocycles. The number of H-pyrrole nitrogens is 1. The number of aryl methyl sites for hydroxylation is 1. The average molecular weight is 416 g/mol. The molecule has 0 aliphatic carbocycles. The van der Waals surface area contributed by atoms with E-state index in [-0.39, 0.29) is 11.7 Å². The molecule has 0 radical (unpaired) electrons. The summed E-state index contributed by atoms with van der Waals surface area (Å²) in [6.45, 7) is 1.90. The lowest BCUT2D eigenvalue weighted by molar-refractivity contribution is 0.102.